The molecule has 6 nitrogen and oxygen atoms in total. The summed E-state index contributed by atoms with van der Waals surface area (Å²) in [6.45, 7) is 5.40. The maximum atomic E-state index is 12.1. The smallest absolute Gasteiger partial charge is 0.343 e. The number of nitrogens with one attached hydrogen (secondary N) is 1. The maximum absolute atomic E-state index is 12.1. The van der Waals surface area contributed by atoms with Crippen LogP contribution in [0.3, 0.4) is 0 Å². The topological polar surface area (TPSA) is 81.7 Å². The van der Waals surface area contributed by atoms with Crippen molar-refractivity contribution in [1.82, 2.24) is 0 Å². The van der Waals surface area contributed by atoms with Gasteiger partial charge in [0.1, 0.15) is 5.57 Å². The van der Waals surface area contributed by atoms with Gasteiger partial charge in [-0.05, 0) is 31.9 Å². The molecule has 0 aliphatic rings. The summed E-state index contributed by atoms with van der Waals surface area (Å²) < 4.78 is 10.0. The molecule has 0 heterocycles. The lowest BCUT2D eigenvalue weighted by atomic mass is 10.1. The number of carbonyl (C=O) groups is 3. The van der Waals surface area contributed by atoms with E-state index < -0.39 is 17.7 Å². The van der Waals surface area contributed by atoms with E-state index in [2.05, 4.69) is 5.32 Å². The molecule has 0 unspecified atom stereocenters. The molecule has 0 saturated carbocycles. The molecule has 142 valence electrons. The Hall–Kier alpha value is -2.05. The van der Waals surface area contributed by atoms with Crippen LogP contribution >= 0.6 is 23.2 Å². The predicted molar refractivity (Wildman–Crippen MR) is 101 cm³/mol. The molecule has 1 aromatic carbocycles. The third-order valence-electron chi connectivity index (χ3n) is 3.14. The van der Waals surface area contributed by atoms with Crippen molar-refractivity contribution >= 4 is 46.6 Å². The van der Waals surface area contributed by atoms with Crippen LogP contribution in [0.5, 0.6) is 0 Å². The van der Waals surface area contributed by atoms with E-state index in [9.17, 15) is 14.4 Å². The third-order valence-corrected chi connectivity index (χ3v) is 3.85. The monoisotopic (exact) mass is 401 g/mol. The average molecular weight is 402 g/mol. The van der Waals surface area contributed by atoms with Crippen molar-refractivity contribution in [3.05, 3.63) is 39.5 Å². The van der Waals surface area contributed by atoms with Gasteiger partial charge in [0, 0.05) is 6.20 Å². The standard InChI is InChI=1S/C18H21Cl2NO5/c1-4-8-25-17(23)12(11(3)22)10-21-14-7-6-13(19)15(16(14)20)18(24)26-9-5-2/h6-7,10,21H,4-5,8-9H2,1-3H3. The van der Waals surface area contributed by atoms with E-state index in [1.807, 2.05) is 13.8 Å². The molecule has 0 radical (unpaired) electrons. The van der Waals surface area contributed by atoms with Crippen LogP contribution in [-0.4, -0.2) is 30.9 Å². The predicted octanol–water partition coefficient (Wildman–Crippen LogP) is 4.40. The molecule has 0 atom stereocenters. The van der Waals surface area contributed by atoms with Gasteiger partial charge in [-0.15, -0.1) is 0 Å². The number of Topliss-reactive ketones (excluding diaryl/α,β-unsaturated/α-hetero) is 1. The van der Waals surface area contributed by atoms with Crippen molar-refractivity contribution < 1.29 is 23.9 Å². The summed E-state index contributed by atoms with van der Waals surface area (Å²) in [5.41, 5.74) is 0.138. The van der Waals surface area contributed by atoms with E-state index in [0.29, 0.717) is 18.5 Å². The summed E-state index contributed by atoms with van der Waals surface area (Å²) in [5.74, 6) is -1.85. The number of esters is 2. The van der Waals surface area contributed by atoms with Gasteiger partial charge in [0.2, 0.25) is 0 Å². The number of benzene rings is 1. The van der Waals surface area contributed by atoms with Crippen LogP contribution in [0.1, 0.15) is 44.0 Å². The van der Waals surface area contributed by atoms with Crippen molar-refractivity contribution in [2.75, 3.05) is 18.5 Å². The lowest BCUT2D eigenvalue weighted by Gasteiger charge is -2.12. The highest BCUT2D eigenvalue weighted by Crippen LogP contribution is 2.32. The molecule has 0 fully saturated rings. The molecule has 26 heavy (non-hydrogen) atoms. The first-order chi connectivity index (χ1) is 12.3. The van der Waals surface area contributed by atoms with Crippen LogP contribution < -0.4 is 5.32 Å². The summed E-state index contributed by atoms with van der Waals surface area (Å²) >= 11 is 12.3. The number of anilines is 1. The highest BCUT2D eigenvalue weighted by atomic mass is 35.5. The van der Waals surface area contributed by atoms with Crippen molar-refractivity contribution in [1.29, 1.82) is 0 Å². The molecule has 0 amide bonds. The summed E-state index contributed by atoms with van der Waals surface area (Å²) in [5, 5.41) is 2.91. The van der Waals surface area contributed by atoms with Crippen molar-refractivity contribution in [2.45, 2.75) is 33.6 Å². The first-order valence-electron chi connectivity index (χ1n) is 8.13. The minimum Gasteiger partial charge on any atom is -0.462 e. The van der Waals surface area contributed by atoms with E-state index in [-0.39, 0.29) is 34.4 Å². The summed E-state index contributed by atoms with van der Waals surface area (Å²) in [4.78, 5) is 35.7. The summed E-state index contributed by atoms with van der Waals surface area (Å²) in [7, 11) is 0. The Kier molecular flexibility index (Phi) is 9.16. The number of ketones is 1. The number of halogens is 2. The second-order valence-electron chi connectivity index (χ2n) is 5.31. The highest BCUT2D eigenvalue weighted by Gasteiger charge is 2.20. The fourth-order valence-electron chi connectivity index (χ4n) is 1.84. The fraction of sp³-hybridized carbons (Fsp3) is 0.389. The zero-order valence-corrected chi connectivity index (χ0v) is 16.4. The van der Waals surface area contributed by atoms with Crippen LogP contribution in [-0.2, 0) is 19.1 Å². The van der Waals surface area contributed by atoms with Gasteiger partial charge in [0.15, 0.2) is 5.78 Å². The third kappa shape index (κ3) is 6.04. The largest absolute Gasteiger partial charge is 0.462 e. The highest BCUT2D eigenvalue weighted by molar-refractivity contribution is 6.41. The number of carbonyl (C=O) groups excluding carboxylic acids is 3. The van der Waals surface area contributed by atoms with Crippen LogP contribution in [0.25, 0.3) is 0 Å². The molecule has 0 spiro atoms. The van der Waals surface area contributed by atoms with Gasteiger partial charge < -0.3 is 14.8 Å². The Morgan fingerprint density at radius 1 is 1.08 bits per heavy atom. The first-order valence-corrected chi connectivity index (χ1v) is 8.88. The van der Waals surface area contributed by atoms with E-state index in [1.165, 1.54) is 25.3 Å². The van der Waals surface area contributed by atoms with E-state index in [4.69, 9.17) is 32.7 Å². The molecular formula is C18H21Cl2NO5. The Morgan fingerprint density at radius 2 is 1.69 bits per heavy atom. The molecule has 0 aliphatic carbocycles. The lowest BCUT2D eigenvalue weighted by molar-refractivity contribution is -0.140. The number of hydrogen-bond acceptors (Lipinski definition) is 6. The molecule has 1 aromatic rings. The van der Waals surface area contributed by atoms with Crippen molar-refractivity contribution in [2.24, 2.45) is 0 Å². The van der Waals surface area contributed by atoms with Gasteiger partial charge in [-0.25, -0.2) is 9.59 Å². The van der Waals surface area contributed by atoms with Gasteiger partial charge in [0.05, 0.1) is 34.5 Å². The van der Waals surface area contributed by atoms with Crippen LogP contribution in [0.4, 0.5) is 5.69 Å². The molecule has 1 rings (SSSR count). The zero-order valence-electron chi connectivity index (χ0n) is 14.9. The lowest BCUT2D eigenvalue weighted by Crippen LogP contribution is -2.16. The molecular weight excluding hydrogens is 381 g/mol. The fourth-order valence-corrected chi connectivity index (χ4v) is 2.42. The molecule has 0 bridgehead atoms. The quantitative estimate of drug-likeness (QED) is 0.285. The second-order valence-corrected chi connectivity index (χ2v) is 6.10. The van der Waals surface area contributed by atoms with E-state index >= 15 is 0 Å². The van der Waals surface area contributed by atoms with Crippen LogP contribution in [0.2, 0.25) is 10.0 Å². The molecule has 0 aliphatic heterocycles. The minimum atomic E-state index is -0.737. The molecule has 0 aromatic heterocycles. The van der Waals surface area contributed by atoms with E-state index in [0.717, 1.165) is 0 Å². The summed E-state index contributed by atoms with van der Waals surface area (Å²) in [6.07, 6.45) is 2.48. The van der Waals surface area contributed by atoms with Crippen LogP contribution in [0.15, 0.2) is 23.9 Å². The van der Waals surface area contributed by atoms with Crippen molar-refractivity contribution in [3.8, 4) is 0 Å². The van der Waals surface area contributed by atoms with Gasteiger partial charge in [-0.2, -0.15) is 0 Å². The Balaban J connectivity index is 3.10. The first kappa shape index (κ1) is 22.0. The molecule has 8 heteroatoms. The zero-order chi connectivity index (χ0) is 19.7. The van der Waals surface area contributed by atoms with Gasteiger partial charge in [0.25, 0.3) is 0 Å². The SMILES string of the molecule is CCCOC(=O)C(=CNc1ccc(Cl)c(C(=O)OCCC)c1Cl)C(C)=O. The molecule has 1 N–H and O–H groups in total. The Morgan fingerprint density at radius 3 is 2.27 bits per heavy atom. The minimum absolute atomic E-state index is 0.0121. The van der Waals surface area contributed by atoms with E-state index in [1.54, 1.807) is 0 Å². The Labute approximate surface area is 162 Å². The normalized spacial score (nSPS) is 11.0. The summed E-state index contributed by atoms with van der Waals surface area (Å²) in [6, 6.07) is 2.99. The number of rotatable bonds is 9. The molecule has 0 saturated heterocycles. The number of ether oxygens (including phenoxy) is 2. The van der Waals surface area contributed by atoms with Gasteiger partial charge in [-0.3, -0.25) is 4.79 Å². The second kappa shape index (κ2) is 10.8. The van der Waals surface area contributed by atoms with Crippen LogP contribution in [0, 0.1) is 0 Å². The van der Waals surface area contributed by atoms with Gasteiger partial charge in [-0.1, -0.05) is 37.0 Å². The Bertz CT molecular complexity index is 716. The maximum Gasteiger partial charge on any atom is 0.343 e. The number of hydrogen-bond donors (Lipinski definition) is 1. The average Bonchev–Trinajstić information content (AvgIpc) is 2.59. The van der Waals surface area contributed by atoms with Gasteiger partial charge >= 0.3 is 11.9 Å². The van der Waals surface area contributed by atoms with Crippen molar-refractivity contribution in [3.63, 3.8) is 0 Å².